The molecule has 3 atom stereocenters. The van der Waals surface area contributed by atoms with E-state index in [0.717, 1.165) is 44.6 Å². The van der Waals surface area contributed by atoms with Gasteiger partial charge in [-0.05, 0) is 61.2 Å². The smallest absolute Gasteiger partial charge is 0.423 e. The average Bonchev–Trinajstić information content (AvgIpc) is 2.33. The number of carboxylic acid groups (broad SMARTS) is 1. The third-order valence-corrected chi connectivity index (χ3v) is 5.99. The lowest BCUT2D eigenvalue weighted by Crippen LogP contribution is -2.52. The van der Waals surface area contributed by atoms with E-state index in [4.69, 9.17) is 5.11 Å². The van der Waals surface area contributed by atoms with E-state index in [2.05, 4.69) is 0 Å². The lowest BCUT2D eigenvalue weighted by molar-refractivity contribution is -0.146. The van der Waals surface area contributed by atoms with Crippen molar-refractivity contribution in [3.63, 3.8) is 0 Å². The molecule has 2 nitrogen and oxygen atoms in total. The minimum absolute atomic E-state index is 0.210. The Balaban J connectivity index is 2.03. The van der Waals surface area contributed by atoms with Gasteiger partial charge in [-0.25, -0.2) is 4.79 Å². The van der Waals surface area contributed by atoms with Crippen LogP contribution in [0.2, 0.25) is 0 Å². The van der Waals surface area contributed by atoms with Gasteiger partial charge in [-0.2, -0.15) is 13.2 Å². The molecule has 4 saturated carbocycles. The second kappa shape index (κ2) is 4.75. The van der Waals surface area contributed by atoms with Crippen LogP contribution in [-0.2, 0) is 4.79 Å². The predicted molar refractivity (Wildman–Crippen MR) is 71.5 cm³/mol. The number of halogens is 3. The molecule has 0 aromatic carbocycles. The molecule has 118 valence electrons. The first-order valence-electron chi connectivity index (χ1n) is 7.78. The van der Waals surface area contributed by atoms with Gasteiger partial charge in [0.2, 0.25) is 0 Å². The summed E-state index contributed by atoms with van der Waals surface area (Å²) in [5.74, 6) is -0.162. The third kappa shape index (κ3) is 2.38. The summed E-state index contributed by atoms with van der Waals surface area (Å²) in [6.07, 6.45) is 2.03. The SMILES string of the molecule is CCC1C2CC3CC(C2)CC1(C=C(C(=O)O)C(F)(F)F)C3. The fourth-order valence-electron chi connectivity index (χ4n) is 5.73. The van der Waals surface area contributed by atoms with Crippen molar-refractivity contribution in [1.82, 2.24) is 0 Å². The van der Waals surface area contributed by atoms with Gasteiger partial charge in [0.25, 0.3) is 0 Å². The van der Waals surface area contributed by atoms with E-state index in [1.807, 2.05) is 6.92 Å². The molecule has 0 aromatic heterocycles. The van der Waals surface area contributed by atoms with Gasteiger partial charge in [-0.3, -0.25) is 0 Å². The zero-order chi connectivity index (χ0) is 15.4. The van der Waals surface area contributed by atoms with Crippen molar-refractivity contribution in [2.24, 2.45) is 29.1 Å². The summed E-state index contributed by atoms with van der Waals surface area (Å²) in [5.41, 5.74) is -1.89. The summed E-state index contributed by atoms with van der Waals surface area (Å²) in [6.45, 7) is 2.02. The Bertz CT molecular complexity index is 466. The second-order valence-corrected chi connectivity index (χ2v) is 7.22. The molecule has 0 amide bonds. The number of hydrogen-bond acceptors (Lipinski definition) is 1. The summed E-state index contributed by atoms with van der Waals surface area (Å²) in [4.78, 5) is 11.1. The number of alkyl halides is 3. The Hall–Kier alpha value is -1.00. The van der Waals surface area contributed by atoms with Crippen LogP contribution in [0.4, 0.5) is 13.2 Å². The highest BCUT2D eigenvalue weighted by atomic mass is 19.4. The van der Waals surface area contributed by atoms with Crippen molar-refractivity contribution in [1.29, 1.82) is 0 Å². The van der Waals surface area contributed by atoms with E-state index in [9.17, 15) is 18.0 Å². The van der Waals surface area contributed by atoms with Crippen LogP contribution in [0.25, 0.3) is 0 Å². The molecular formula is C16H21F3O2. The summed E-state index contributed by atoms with van der Waals surface area (Å²) < 4.78 is 39.1. The van der Waals surface area contributed by atoms with Crippen LogP contribution in [0.3, 0.4) is 0 Å². The van der Waals surface area contributed by atoms with Gasteiger partial charge in [0.1, 0.15) is 5.57 Å². The molecule has 3 unspecified atom stereocenters. The maximum absolute atomic E-state index is 13.0. The van der Waals surface area contributed by atoms with Gasteiger partial charge < -0.3 is 5.11 Å². The molecule has 0 spiro atoms. The molecule has 4 aliphatic rings. The Kier molecular flexibility index (Phi) is 3.37. The molecule has 0 aromatic rings. The quantitative estimate of drug-likeness (QED) is 0.784. The lowest BCUT2D eigenvalue weighted by Gasteiger charge is -2.60. The van der Waals surface area contributed by atoms with Crippen molar-refractivity contribution in [2.75, 3.05) is 0 Å². The first kappa shape index (κ1) is 14.9. The van der Waals surface area contributed by atoms with Gasteiger partial charge in [0.15, 0.2) is 0 Å². The minimum atomic E-state index is -4.77. The summed E-state index contributed by atoms with van der Waals surface area (Å²) in [6, 6.07) is 0. The Labute approximate surface area is 122 Å². The maximum atomic E-state index is 13.0. The topological polar surface area (TPSA) is 37.3 Å². The molecule has 5 heteroatoms. The number of rotatable bonds is 3. The summed E-state index contributed by atoms with van der Waals surface area (Å²) in [7, 11) is 0. The molecule has 0 aliphatic heterocycles. The first-order valence-corrected chi connectivity index (χ1v) is 7.78. The molecule has 1 N–H and O–H groups in total. The first-order chi connectivity index (χ1) is 9.75. The zero-order valence-corrected chi connectivity index (χ0v) is 12.1. The molecule has 0 radical (unpaired) electrons. The molecular weight excluding hydrogens is 281 g/mol. The summed E-state index contributed by atoms with van der Waals surface area (Å²) >= 11 is 0. The summed E-state index contributed by atoms with van der Waals surface area (Å²) in [5, 5.41) is 8.98. The third-order valence-electron chi connectivity index (χ3n) is 5.99. The van der Waals surface area contributed by atoms with E-state index < -0.39 is 23.1 Å². The Morgan fingerprint density at radius 1 is 1.24 bits per heavy atom. The number of carbonyl (C=O) groups is 1. The normalized spacial score (nSPS) is 42.4. The van der Waals surface area contributed by atoms with Crippen LogP contribution in [0.15, 0.2) is 11.6 Å². The predicted octanol–water partition coefficient (Wildman–Crippen LogP) is 4.41. The van der Waals surface area contributed by atoms with Crippen molar-refractivity contribution in [3.05, 3.63) is 11.6 Å². The van der Waals surface area contributed by atoms with Gasteiger partial charge in [-0.1, -0.05) is 19.4 Å². The van der Waals surface area contributed by atoms with Gasteiger partial charge in [0, 0.05) is 0 Å². The maximum Gasteiger partial charge on any atom is 0.423 e. The average molecular weight is 302 g/mol. The van der Waals surface area contributed by atoms with Crippen molar-refractivity contribution < 1.29 is 23.1 Å². The number of allylic oxidation sites excluding steroid dienone is 1. The second-order valence-electron chi connectivity index (χ2n) is 7.22. The van der Waals surface area contributed by atoms with Crippen LogP contribution >= 0.6 is 0 Å². The fourth-order valence-corrected chi connectivity index (χ4v) is 5.73. The number of hydrogen-bond donors (Lipinski definition) is 1. The van der Waals surface area contributed by atoms with E-state index in [-0.39, 0.29) is 5.92 Å². The number of carboxylic acids is 1. The highest BCUT2D eigenvalue weighted by Crippen LogP contribution is 2.64. The van der Waals surface area contributed by atoms with Gasteiger partial charge in [-0.15, -0.1) is 0 Å². The van der Waals surface area contributed by atoms with E-state index in [1.54, 1.807) is 0 Å². The standard InChI is InChI=1S/C16H21F3O2/c1-2-12-11-4-9-3-10(5-11)7-15(12,6-9)8-13(14(20)21)16(17,18)19/h8-12H,2-7H2,1H3,(H,20,21). The molecule has 0 saturated heterocycles. The van der Waals surface area contributed by atoms with Crippen molar-refractivity contribution >= 4 is 5.97 Å². The van der Waals surface area contributed by atoms with Crippen LogP contribution in [0, 0.1) is 29.1 Å². The van der Waals surface area contributed by atoms with Gasteiger partial charge >= 0.3 is 12.1 Å². The van der Waals surface area contributed by atoms with Crippen LogP contribution in [0.1, 0.15) is 45.4 Å². The minimum Gasteiger partial charge on any atom is -0.478 e. The molecule has 21 heavy (non-hydrogen) atoms. The molecule has 4 bridgehead atoms. The Morgan fingerprint density at radius 3 is 2.24 bits per heavy atom. The van der Waals surface area contributed by atoms with E-state index in [1.165, 1.54) is 0 Å². The zero-order valence-electron chi connectivity index (χ0n) is 12.1. The van der Waals surface area contributed by atoms with Crippen LogP contribution in [0.5, 0.6) is 0 Å². The number of aliphatic carboxylic acids is 1. The largest absolute Gasteiger partial charge is 0.478 e. The fraction of sp³-hybridized carbons (Fsp3) is 0.812. The molecule has 4 rings (SSSR count). The lowest BCUT2D eigenvalue weighted by atomic mass is 9.44. The monoisotopic (exact) mass is 302 g/mol. The molecule has 4 fully saturated rings. The highest BCUT2D eigenvalue weighted by molar-refractivity contribution is 5.88. The van der Waals surface area contributed by atoms with E-state index >= 15 is 0 Å². The molecule has 4 aliphatic carbocycles. The van der Waals surface area contributed by atoms with Crippen molar-refractivity contribution in [2.45, 2.75) is 51.6 Å². The van der Waals surface area contributed by atoms with E-state index in [0.29, 0.717) is 17.8 Å². The van der Waals surface area contributed by atoms with Crippen molar-refractivity contribution in [3.8, 4) is 0 Å². The van der Waals surface area contributed by atoms with Crippen LogP contribution in [-0.4, -0.2) is 17.3 Å². The molecule has 0 heterocycles. The Morgan fingerprint density at radius 2 is 1.81 bits per heavy atom. The van der Waals surface area contributed by atoms with Crippen LogP contribution < -0.4 is 0 Å². The highest BCUT2D eigenvalue weighted by Gasteiger charge is 2.56. The van der Waals surface area contributed by atoms with Gasteiger partial charge in [0.05, 0.1) is 0 Å².